The van der Waals surface area contributed by atoms with Gasteiger partial charge in [0, 0.05) is 62.1 Å². The number of anilines is 2. The van der Waals surface area contributed by atoms with Crippen molar-refractivity contribution >= 4 is 22.4 Å². The minimum atomic E-state index is 0.654. The molecule has 1 saturated heterocycles. The number of ether oxygens (including phenoxy) is 1. The molecular formula is C26H30N8O. The van der Waals surface area contributed by atoms with E-state index in [2.05, 4.69) is 81.0 Å². The van der Waals surface area contributed by atoms with Crippen LogP contribution >= 0.6 is 0 Å². The number of hydrogen-bond acceptors (Lipinski definition) is 8. The number of nitrogens with one attached hydrogen (secondary N) is 1. The van der Waals surface area contributed by atoms with Gasteiger partial charge < -0.3 is 24.4 Å². The standard InChI is InChI=1S/C26H30N8O/c1-16-11-21(29-17(2)24(16)34-7-5-32(3)6-8-34)22-13-19-20(15-27-25(19)31-30-22)18-12-23-26(28-14-18)35-10-9-33(23)4/h11-15H,5-10H2,1-4H3,(H,27,31). The maximum Gasteiger partial charge on any atom is 0.237 e. The van der Waals surface area contributed by atoms with Crippen molar-refractivity contribution in [2.75, 3.05) is 63.2 Å². The molecular weight excluding hydrogens is 440 g/mol. The highest BCUT2D eigenvalue weighted by atomic mass is 16.5. The number of aromatic nitrogens is 5. The Morgan fingerprint density at radius 1 is 0.943 bits per heavy atom. The Bertz CT molecular complexity index is 1380. The van der Waals surface area contributed by atoms with E-state index < -0.39 is 0 Å². The normalized spacial score (nSPS) is 16.5. The summed E-state index contributed by atoms with van der Waals surface area (Å²) in [5.74, 6) is 0.679. The predicted octanol–water partition coefficient (Wildman–Crippen LogP) is 3.28. The summed E-state index contributed by atoms with van der Waals surface area (Å²) in [5.41, 5.74) is 8.88. The van der Waals surface area contributed by atoms with Gasteiger partial charge in [0.05, 0.1) is 23.6 Å². The van der Waals surface area contributed by atoms with Gasteiger partial charge in [-0.3, -0.25) is 0 Å². The number of fused-ring (bicyclic) bond motifs is 2. The average molecular weight is 471 g/mol. The first-order valence-corrected chi connectivity index (χ1v) is 12.1. The van der Waals surface area contributed by atoms with Gasteiger partial charge in [0.25, 0.3) is 0 Å². The van der Waals surface area contributed by atoms with Gasteiger partial charge in [-0.15, -0.1) is 10.2 Å². The van der Waals surface area contributed by atoms with Crippen molar-refractivity contribution in [2.24, 2.45) is 0 Å². The number of nitrogens with zero attached hydrogens (tertiary/aromatic N) is 7. The Morgan fingerprint density at radius 2 is 1.77 bits per heavy atom. The molecule has 0 radical (unpaired) electrons. The molecule has 35 heavy (non-hydrogen) atoms. The summed E-state index contributed by atoms with van der Waals surface area (Å²) in [6.07, 6.45) is 3.83. The van der Waals surface area contributed by atoms with Crippen molar-refractivity contribution in [2.45, 2.75) is 13.8 Å². The first-order valence-electron chi connectivity index (χ1n) is 12.1. The van der Waals surface area contributed by atoms with E-state index in [9.17, 15) is 0 Å². The van der Waals surface area contributed by atoms with Crippen LogP contribution in [0.2, 0.25) is 0 Å². The minimum absolute atomic E-state index is 0.654. The molecule has 4 aromatic heterocycles. The molecule has 0 amide bonds. The Balaban J connectivity index is 1.38. The van der Waals surface area contributed by atoms with Crippen LogP contribution in [-0.2, 0) is 0 Å². The fraction of sp³-hybridized carbons (Fsp3) is 0.385. The number of hydrogen-bond donors (Lipinski definition) is 1. The zero-order valence-corrected chi connectivity index (χ0v) is 20.7. The van der Waals surface area contributed by atoms with Crippen LogP contribution in [0.5, 0.6) is 5.88 Å². The van der Waals surface area contributed by atoms with Gasteiger partial charge in [-0.05, 0) is 44.7 Å². The molecule has 0 saturated carbocycles. The highest BCUT2D eigenvalue weighted by Gasteiger charge is 2.21. The lowest BCUT2D eigenvalue weighted by molar-refractivity contribution is 0.299. The van der Waals surface area contributed by atoms with E-state index in [1.165, 1.54) is 11.3 Å². The van der Waals surface area contributed by atoms with E-state index in [1.54, 1.807) is 0 Å². The molecule has 6 rings (SSSR count). The van der Waals surface area contributed by atoms with Gasteiger partial charge in [-0.2, -0.15) is 0 Å². The van der Waals surface area contributed by atoms with Gasteiger partial charge in [0.2, 0.25) is 5.88 Å². The number of aryl methyl sites for hydroxylation is 2. The third-order valence-electron chi connectivity index (χ3n) is 7.10. The second-order valence-electron chi connectivity index (χ2n) is 9.56. The number of aromatic amines is 1. The summed E-state index contributed by atoms with van der Waals surface area (Å²) in [4.78, 5) is 19.8. The average Bonchev–Trinajstić information content (AvgIpc) is 3.28. The lowest BCUT2D eigenvalue weighted by Crippen LogP contribution is -2.45. The van der Waals surface area contributed by atoms with Gasteiger partial charge in [-0.25, -0.2) is 9.97 Å². The first kappa shape index (κ1) is 21.8. The third-order valence-corrected chi connectivity index (χ3v) is 7.10. The van der Waals surface area contributed by atoms with E-state index in [1.807, 2.05) is 12.4 Å². The number of piperazine rings is 1. The molecule has 0 unspecified atom stereocenters. The van der Waals surface area contributed by atoms with Crippen LogP contribution < -0.4 is 14.5 Å². The van der Waals surface area contributed by atoms with Crippen molar-refractivity contribution in [1.29, 1.82) is 0 Å². The molecule has 9 heteroatoms. The summed E-state index contributed by atoms with van der Waals surface area (Å²) >= 11 is 0. The lowest BCUT2D eigenvalue weighted by Gasteiger charge is -2.35. The largest absolute Gasteiger partial charge is 0.474 e. The molecule has 0 aliphatic carbocycles. The van der Waals surface area contributed by atoms with Gasteiger partial charge in [0.1, 0.15) is 18.0 Å². The molecule has 0 aromatic carbocycles. The molecule has 180 valence electrons. The Labute approximate surface area is 204 Å². The molecule has 0 atom stereocenters. The minimum Gasteiger partial charge on any atom is -0.474 e. The smallest absolute Gasteiger partial charge is 0.237 e. The van der Waals surface area contributed by atoms with Crippen LogP contribution in [0.25, 0.3) is 33.5 Å². The van der Waals surface area contributed by atoms with Crippen LogP contribution in [-0.4, -0.2) is 83.5 Å². The van der Waals surface area contributed by atoms with Crippen LogP contribution in [0.15, 0.2) is 30.6 Å². The monoisotopic (exact) mass is 470 g/mol. The maximum atomic E-state index is 5.71. The molecule has 0 bridgehead atoms. The van der Waals surface area contributed by atoms with E-state index in [0.29, 0.717) is 12.5 Å². The topological polar surface area (TPSA) is 86.3 Å². The molecule has 2 aliphatic rings. The summed E-state index contributed by atoms with van der Waals surface area (Å²) in [7, 11) is 4.24. The lowest BCUT2D eigenvalue weighted by atomic mass is 10.1. The second kappa shape index (κ2) is 8.49. The molecule has 0 spiro atoms. The van der Waals surface area contributed by atoms with Crippen LogP contribution in [0, 0.1) is 13.8 Å². The van der Waals surface area contributed by atoms with Crippen molar-refractivity contribution < 1.29 is 4.74 Å². The molecule has 9 nitrogen and oxygen atoms in total. The SMILES string of the molecule is Cc1cc(-c2cc3c(-c4cnc5c(c4)N(C)CCO5)c[nH]c3nn2)nc(C)c1N1CCN(C)CC1. The number of rotatable bonds is 3. The summed E-state index contributed by atoms with van der Waals surface area (Å²) < 4.78 is 5.71. The Kier molecular flexibility index (Phi) is 5.29. The maximum absolute atomic E-state index is 5.71. The quantitative estimate of drug-likeness (QED) is 0.488. The molecule has 1 fully saturated rings. The molecule has 1 N–H and O–H groups in total. The Morgan fingerprint density at radius 3 is 2.57 bits per heavy atom. The third kappa shape index (κ3) is 3.85. The van der Waals surface area contributed by atoms with E-state index in [-0.39, 0.29) is 0 Å². The highest BCUT2D eigenvalue weighted by Crippen LogP contribution is 2.36. The van der Waals surface area contributed by atoms with Gasteiger partial charge in [0.15, 0.2) is 5.65 Å². The molecule has 6 heterocycles. The van der Waals surface area contributed by atoms with Crippen LogP contribution in [0.1, 0.15) is 11.3 Å². The van der Waals surface area contributed by atoms with E-state index in [4.69, 9.17) is 9.72 Å². The predicted molar refractivity (Wildman–Crippen MR) is 138 cm³/mol. The molecule has 4 aromatic rings. The first-order chi connectivity index (χ1) is 17.0. The van der Waals surface area contributed by atoms with Crippen molar-refractivity contribution in [3.63, 3.8) is 0 Å². The van der Waals surface area contributed by atoms with Crippen LogP contribution in [0.4, 0.5) is 11.4 Å². The van der Waals surface area contributed by atoms with E-state index in [0.717, 1.165) is 77.7 Å². The fourth-order valence-corrected chi connectivity index (χ4v) is 5.12. The van der Waals surface area contributed by atoms with Gasteiger partial charge in [-0.1, -0.05) is 0 Å². The van der Waals surface area contributed by atoms with Gasteiger partial charge >= 0.3 is 0 Å². The number of pyridine rings is 2. The van der Waals surface area contributed by atoms with Crippen molar-refractivity contribution in [1.82, 2.24) is 30.0 Å². The van der Waals surface area contributed by atoms with Crippen molar-refractivity contribution in [3.8, 4) is 28.4 Å². The second-order valence-corrected chi connectivity index (χ2v) is 9.56. The zero-order valence-electron chi connectivity index (χ0n) is 20.7. The Hall–Kier alpha value is -3.72. The van der Waals surface area contributed by atoms with Crippen molar-refractivity contribution in [3.05, 3.63) is 41.9 Å². The number of likely N-dealkylation sites (N-methyl/N-ethyl adjacent to an activating group) is 2. The van der Waals surface area contributed by atoms with E-state index >= 15 is 0 Å². The fourth-order valence-electron chi connectivity index (χ4n) is 5.12. The highest BCUT2D eigenvalue weighted by molar-refractivity contribution is 5.95. The molecule has 2 aliphatic heterocycles. The summed E-state index contributed by atoms with van der Waals surface area (Å²) in [6, 6.07) is 6.34. The summed E-state index contributed by atoms with van der Waals surface area (Å²) in [5, 5.41) is 9.96. The van der Waals surface area contributed by atoms with Crippen LogP contribution in [0.3, 0.4) is 0 Å². The zero-order chi connectivity index (χ0) is 24.1. The number of H-pyrrole nitrogens is 1. The summed E-state index contributed by atoms with van der Waals surface area (Å²) in [6.45, 7) is 9.93.